The van der Waals surface area contributed by atoms with Crippen molar-refractivity contribution >= 4 is 11.8 Å². The second-order valence-electron chi connectivity index (χ2n) is 3.99. The molecule has 16 heavy (non-hydrogen) atoms. The standard InChI is InChI=1S/C10H14N2O3S/c13-4-7-3-8(6-16-5-7)12-2-1-9(14)11-10(12)15/h1-2,7-8,13H,3-6H2,(H,11,14,15). The average Bonchev–Trinajstić information content (AvgIpc) is 2.29. The molecule has 1 aromatic rings. The zero-order chi connectivity index (χ0) is 11.5. The molecule has 1 aliphatic rings. The van der Waals surface area contributed by atoms with E-state index >= 15 is 0 Å². The highest BCUT2D eigenvalue weighted by atomic mass is 32.2. The second kappa shape index (κ2) is 4.88. The number of hydrogen-bond acceptors (Lipinski definition) is 4. The fourth-order valence-corrected chi connectivity index (χ4v) is 3.21. The molecule has 2 heterocycles. The van der Waals surface area contributed by atoms with Gasteiger partial charge in [-0.05, 0) is 18.1 Å². The summed E-state index contributed by atoms with van der Waals surface area (Å²) >= 11 is 1.73. The van der Waals surface area contributed by atoms with Crippen molar-refractivity contribution in [3.8, 4) is 0 Å². The number of H-pyrrole nitrogens is 1. The van der Waals surface area contributed by atoms with E-state index in [2.05, 4.69) is 4.98 Å². The summed E-state index contributed by atoms with van der Waals surface area (Å²) in [5.41, 5.74) is -0.736. The summed E-state index contributed by atoms with van der Waals surface area (Å²) in [6, 6.07) is 1.43. The van der Waals surface area contributed by atoms with E-state index in [-0.39, 0.29) is 29.8 Å². The summed E-state index contributed by atoms with van der Waals surface area (Å²) in [4.78, 5) is 24.8. The first-order chi connectivity index (χ1) is 7.70. The summed E-state index contributed by atoms with van der Waals surface area (Å²) in [7, 11) is 0. The van der Waals surface area contributed by atoms with Gasteiger partial charge < -0.3 is 5.11 Å². The van der Waals surface area contributed by atoms with Gasteiger partial charge in [0.25, 0.3) is 5.56 Å². The van der Waals surface area contributed by atoms with Crippen LogP contribution in [0.3, 0.4) is 0 Å². The number of nitrogens with zero attached hydrogens (tertiary/aromatic N) is 1. The van der Waals surface area contributed by atoms with Crippen molar-refractivity contribution in [2.24, 2.45) is 5.92 Å². The van der Waals surface area contributed by atoms with Gasteiger partial charge in [0, 0.05) is 30.7 Å². The molecule has 2 atom stereocenters. The van der Waals surface area contributed by atoms with Crippen LogP contribution in [0.25, 0.3) is 0 Å². The topological polar surface area (TPSA) is 75.1 Å². The molecule has 0 aliphatic carbocycles. The number of aromatic amines is 1. The quantitative estimate of drug-likeness (QED) is 0.754. The highest BCUT2D eigenvalue weighted by Crippen LogP contribution is 2.29. The molecule has 5 nitrogen and oxygen atoms in total. The van der Waals surface area contributed by atoms with Crippen molar-refractivity contribution in [3.63, 3.8) is 0 Å². The molecule has 0 aromatic carbocycles. The number of thioether (sulfide) groups is 1. The molecule has 2 unspecified atom stereocenters. The first-order valence-electron chi connectivity index (χ1n) is 5.21. The van der Waals surface area contributed by atoms with Crippen LogP contribution in [0.5, 0.6) is 0 Å². The molecule has 0 radical (unpaired) electrons. The van der Waals surface area contributed by atoms with Crippen molar-refractivity contribution in [1.29, 1.82) is 0 Å². The number of rotatable bonds is 2. The third kappa shape index (κ3) is 2.38. The maximum atomic E-state index is 11.6. The van der Waals surface area contributed by atoms with Gasteiger partial charge in [-0.1, -0.05) is 0 Å². The predicted octanol–water partition coefficient (Wildman–Crippen LogP) is -0.177. The third-order valence-electron chi connectivity index (χ3n) is 2.77. The minimum atomic E-state index is -0.372. The molecular formula is C10H14N2O3S. The fraction of sp³-hybridized carbons (Fsp3) is 0.600. The molecule has 1 aromatic heterocycles. The molecule has 6 heteroatoms. The van der Waals surface area contributed by atoms with Gasteiger partial charge in [-0.25, -0.2) is 4.79 Å². The first-order valence-corrected chi connectivity index (χ1v) is 6.36. The largest absolute Gasteiger partial charge is 0.396 e. The SMILES string of the molecule is O=c1ccn(C2CSCC(CO)C2)c(=O)[nH]1. The summed E-state index contributed by atoms with van der Waals surface area (Å²) < 4.78 is 1.55. The van der Waals surface area contributed by atoms with E-state index in [0.717, 1.165) is 17.9 Å². The molecule has 2 N–H and O–H groups in total. The Bertz CT molecular complexity index is 468. The van der Waals surface area contributed by atoms with E-state index in [4.69, 9.17) is 5.11 Å². The van der Waals surface area contributed by atoms with Gasteiger partial charge in [0.2, 0.25) is 0 Å². The van der Waals surface area contributed by atoms with Crippen LogP contribution in [0.2, 0.25) is 0 Å². The second-order valence-corrected chi connectivity index (χ2v) is 5.07. The van der Waals surface area contributed by atoms with Crippen LogP contribution in [0, 0.1) is 5.92 Å². The summed E-state index contributed by atoms with van der Waals surface area (Å²) in [6.45, 7) is 0.154. The Labute approximate surface area is 96.5 Å². The van der Waals surface area contributed by atoms with Crippen molar-refractivity contribution in [2.45, 2.75) is 12.5 Å². The lowest BCUT2D eigenvalue weighted by Crippen LogP contribution is -2.35. The van der Waals surface area contributed by atoms with Gasteiger partial charge >= 0.3 is 5.69 Å². The molecule has 1 saturated heterocycles. The maximum Gasteiger partial charge on any atom is 0.328 e. The van der Waals surface area contributed by atoms with E-state index in [0.29, 0.717) is 0 Å². The van der Waals surface area contributed by atoms with Crippen molar-refractivity contribution < 1.29 is 5.11 Å². The fourth-order valence-electron chi connectivity index (χ4n) is 1.93. The molecule has 0 spiro atoms. The zero-order valence-electron chi connectivity index (χ0n) is 8.76. The summed E-state index contributed by atoms with van der Waals surface area (Å²) in [5, 5.41) is 9.11. The van der Waals surface area contributed by atoms with Crippen LogP contribution >= 0.6 is 11.8 Å². The average molecular weight is 242 g/mol. The minimum absolute atomic E-state index is 0.0697. The van der Waals surface area contributed by atoms with Gasteiger partial charge in [0.15, 0.2) is 0 Å². The molecule has 0 amide bonds. The molecule has 2 rings (SSSR count). The lowest BCUT2D eigenvalue weighted by atomic mass is 10.0. The lowest BCUT2D eigenvalue weighted by Gasteiger charge is -2.28. The number of nitrogens with one attached hydrogen (secondary N) is 1. The number of aliphatic hydroxyl groups is 1. The lowest BCUT2D eigenvalue weighted by molar-refractivity contribution is 0.214. The highest BCUT2D eigenvalue weighted by Gasteiger charge is 2.23. The molecular weight excluding hydrogens is 228 g/mol. The normalized spacial score (nSPS) is 25.6. The molecule has 0 saturated carbocycles. The van der Waals surface area contributed by atoms with Gasteiger partial charge in [-0.15, -0.1) is 0 Å². The number of aliphatic hydroxyl groups excluding tert-OH is 1. The Morgan fingerprint density at radius 2 is 2.31 bits per heavy atom. The van der Waals surface area contributed by atoms with E-state index < -0.39 is 0 Å². The first kappa shape index (κ1) is 11.5. The highest BCUT2D eigenvalue weighted by molar-refractivity contribution is 7.99. The Morgan fingerprint density at radius 3 is 3.00 bits per heavy atom. The monoisotopic (exact) mass is 242 g/mol. The zero-order valence-corrected chi connectivity index (χ0v) is 9.57. The van der Waals surface area contributed by atoms with Crippen molar-refractivity contribution in [1.82, 2.24) is 9.55 Å². The Hall–Kier alpha value is -1.01. The number of hydrogen-bond donors (Lipinski definition) is 2. The van der Waals surface area contributed by atoms with Crippen LogP contribution in [0.15, 0.2) is 21.9 Å². The predicted molar refractivity (Wildman–Crippen MR) is 62.9 cm³/mol. The van der Waals surface area contributed by atoms with Crippen molar-refractivity contribution in [3.05, 3.63) is 33.1 Å². The van der Waals surface area contributed by atoms with E-state index in [9.17, 15) is 9.59 Å². The van der Waals surface area contributed by atoms with E-state index in [1.54, 1.807) is 16.3 Å². The van der Waals surface area contributed by atoms with Crippen LogP contribution < -0.4 is 11.2 Å². The molecule has 88 valence electrons. The van der Waals surface area contributed by atoms with Gasteiger partial charge in [-0.3, -0.25) is 14.3 Å². The Morgan fingerprint density at radius 1 is 1.50 bits per heavy atom. The Balaban J connectivity index is 2.23. The van der Waals surface area contributed by atoms with Gasteiger partial charge in [0.05, 0.1) is 0 Å². The van der Waals surface area contributed by atoms with E-state index in [1.807, 2.05) is 0 Å². The van der Waals surface area contributed by atoms with Gasteiger partial charge in [0.1, 0.15) is 0 Å². The number of aromatic nitrogens is 2. The Kier molecular flexibility index (Phi) is 3.50. The van der Waals surface area contributed by atoms with Gasteiger partial charge in [-0.2, -0.15) is 11.8 Å². The smallest absolute Gasteiger partial charge is 0.328 e. The minimum Gasteiger partial charge on any atom is -0.396 e. The third-order valence-corrected chi connectivity index (χ3v) is 4.10. The van der Waals surface area contributed by atoms with Crippen LogP contribution in [0.1, 0.15) is 12.5 Å². The molecule has 0 bridgehead atoms. The summed E-state index contributed by atoms with van der Waals surface area (Å²) in [6.07, 6.45) is 2.32. The van der Waals surface area contributed by atoms with Crippen LogP contribution in [-0.4, -0.2) is 32.8 Å². The van der Waals surface area contributed by atoms with E-state index in [1.165, 1.54) is 12.3 Å². The molecule has 1 aliphatic heterocycles. The van der Waals surface area contributed by atoms with Crippen LogP contribution in [0.4, 0.5) is 0 Å². The molecule has 1 fully saturated rings. The van der Waals surface area contributed by atoms with Crippen LogP contribution in [-0.2, 0) is 0 Å². The summed E-state index contributed by atoms with van der Waals surface area (Å²) in [5.74, 6) is 2.02. The van der Waals surface area contributed by atoms with Crippen molar-refractivity contribution in [2.75, 3.05) is 18.1 Å². The maximum absolute atomic E-state index is 11.6.